The van der Waals surface area contributed by atoms with E-state index in [9.17, 15) is 18.8 Å². The molecule has 2 aliphatic rings. The lowest BCUT2D eigenvalue weighted by Gasteiger charge is -2.14. The fourth-order valence-corrected chi connectivity index (χ4v) is 3.44. The molecule has 0 unspecified atom stereocenters. The lowest BCUT2D eigenvalue weighted by atomic mass is 9.85. The minimum absolute atomic E-state index is 0.0225. The second-order valence-corrected chi connectivity index (χ2v) is 6.82. The van der Waals surface area contributed by atoms with Crippen LogP contribution in [-0.4, -0.2) is 29.2 Å². The molecule has 5 nitrogen and oxygen atoms in total. The van der Waals surface area contributed by atoms with Gasteiger partial charge in [0.05, 0.1) is 17.5 Å². The molecular formula is C17H16BrFN2O3. The molecule has 1 aliphatic carbocycles. The SMILES string of the molecule is O=C(CCN1C(=O)[C@@H]2CC=CC[C@H]2C1=O)Nc1ccc(Br)cc1F. The standard InChI is InChI=1S/C17H16BrFN2O3/c18-10-5-6-14(13(19)9-10)20-15(22)7-8-21-16(23)11-3-1-2-4-12(11)17(21)24/h1-2,5-6,9,11-12H,3-4,7-8H2,(H,20,22)/t11-,12-/m1/s1. The number of hydrogen-bond acceptors (Lipinski definition) is 3. The Morgan fingerprint density at radius 3 is 2.42 bits per heavy atom. The van der Waals surface area contributed by atoms with Crippen molar-refractivity contribution in [2.45, 2.75) is 19.3 Å². The van der Waals surface area contributed by atoms with Crippen LogP contribution >= 0.6 is 15.9 Å². The molecular weight excluding hydrogens is 379 g/mol. The van der Waals surface area contributed by atoms with Crippen molar-refractivity contribution < 1.29 is 18.8 Å². The molecule has 1 fully saturated rings. The number of nitrogens with one attached hydrogen (secondary N) is 1. The van der Waals surface area contributed by atoms with Gasteiger partial charge in [-0.25, -0.2) is 4.39 Å². The Bertz CT molecular complexity index is 709. The number of nitrogens with zero attached hydrogens (tertiary/aromatic N) is 1. The maximum Gasteiger partial charge on any atom is 0.233 e. The molecule has 0 saturated carbocycles. The van der Waals surface area contributed by atoms with Crippen LogP contribution in [0.2, 0.25) is 0 Å². The maximum absolute atomic E-state index is 13.7. The quantitative estimate of drug-likeness (QED) is 0.630. The number of allylic oxidation sites excluding steroid dienone is 2. The zero-order chi connectivity index (χ0) is 17.3. The van der Waals surface area contributed by atoms with Crippen molar-refractivity contribution in [3.05, 3.63) is 40.6 Å². The number of carbonyl (C=O) groups is 3. The van der Waals surface area contributed by atoms with E-state index < -0.39 is 11.7 Å². The molecule has 2 atom stereocenters. The van der Waals surface area contributed by atoms with E-state index in [4.69, 9.17) is 0 Å². The van der Waals surface area contributed by atoms with Crippen molar-refractivity contribution in [1.29, 1.82) is 0 Å². The normalized spacial score (nSPS) is 22.7. The van der Waals surface area contributed by atoms with Gasteiger partial charge in [-0.2, -0.15) is 0 Å². The smallest absolute Gasteiger partial charge is 0.233 e. The van der Waals surface area contributed by atoms with Gasteiger partial charge in [0.2, 0.25) is 17.7 Å². The van der Waals surface area contributed by atoms with E-state index in [1.54, 1.807) is 6.07 Å². The average molecular weight is 395 g/mol. The van der Waals surface area contributed by atoms with E-state index >= 15 is 0 Å². The van der Waals surface area contributed by atoms with Gasteiger partial charge in [-0.15, -0.1) is 0 Å². The van der Waals surface area contributed by atoms with Gasteiger partial charge in [-0.1, -0.05) is 28.1 Å². The van der Waals surface area contributed by atoms with Crippen LogP contribution in [-0.2, 0) is 14.4 Å². The Balaban J connectivity index is 1.58. The van der Waals surface area contributed by atoms with E-state index in [-0.39, 0.29) is 42.3 Å². The molecule has 0 radical (unpaired) electrons. The third-order valence-electron chi connectivity index (χ3n) is 4.37. The fourth-order valence-electron chi connectivity index (χ4n) is 3.11. The predicted molar refractivity (Wildman–Crippen MR) is 89.4 cm³/mol. The molecule has 0 spiro atoms. The van der Waals surface area contributed by atoms with Crippen LogP contribution in [0.3, 0.4) is 0 Å². The molecule has 0 aromatic heterocycles. The molecule has 1 aliphatic heterocycles. The molecule has 126 valence electrons. The Kier molecular flexibility index (Phi) is 4.80. The lowest BCUT2D eigenvalue weighted by molar-refractivity contribution is -0.140. The van der Waals surface area contributed by atoms with Gasteiger partial charge in [-0.3, -0.25) is 19.3 Å². The summed E-state index contributed by atoms with van der Waals surface area (Å²) in [5, 5.41) is 2.46. The summed E-state index contributed by atoms with van der Waals surface area (Å²) in [6, 6.07) is 4.31. The number of rotatable bonds is 4. The Labute approximate surface area is 147 Å². The fraction of sp³-hybridized carbons (Fsp3) is 0.353. The Hall–Kier alpha value is -2.02. The first-order chi connectivity index (χ1) is 11.5. The summed E-state index contributed by atoms with van der Waals surface area (Å²) in [6.07, 6.45) is 4.92. The molecule has 3 amide bonds. The van der Waals surface area contributed by atoms with E-state index in [0.29, 0.717) is 17.3 Å². The highest BCUT2D eigenvalue weighted by molar-refractivity contribution is 9.10. The monoisotopic (exact) mass is 394 g/mol. The molecule has 24 heavy (non-hydrogen) atoms. The van der Waals surface area contributed by atoms with Gasteiger partial charge in [0, 0.05) is 17.4 Å². The first kappa shape index (κ1) is 16.8. The van der Waals surface area contributed by atoms with Crippen LogP contribution in [0.15, 0.2) is 34.8 Å². The molecule has 0 bridgehead atoms. The number of benzene rings is 1. The highest BCUT2D eigenvalue weighted by Gasteiger charge is 2.46. The average Bonchev–Trinajstić information content (AvgIpc) is 2.80. The minimum atomic E-state index is -0.553. The summed E-state index contributed by atoms with van der Waals surface area (Å²) >= 11 is 3.14. The van der Waals surface area contributed by atoms with Crippen molar-refractivity contribution in [2.24, 2.45) is 11.8 Å². The van der Waals surface area contributed by atoms with Crippen LogP contribution in [0.1, 0.15) is 19.3 Å². The third-order valence-corrected chi connectivity index (χ3v) is 4.86. The lowest BCUT2D eigenvalue weighted by Crippen LogP contribution is -2.34. The predicted octanol–water partition coefficient (Wildman–Crippen LogP) is 2.87. The number of amides is 3. The highest BCUT2D eigenvalue weighted by Crippen LogP contribution is 2.35. The van der Waals surface area contributed by atoms with Crippen molar-refractivity contribution in [2.75, 3.05) is 11.9 Å². The zero-order valence-electron chi connectivity index (χ0n) is 12.8. The minimum Gasteiger partial charge on any atom is -0.324 e. The molecule has 3 rings (SSSR count). The second kappa shape index (κ2) is 6.84. The zero-order valence-corrected chi connectivity index (χ0v) is 14.4. The van der Waals surface area contributed by atoms with Crippen molar-refractivity contribution >= 4 is 39.3 Å². The summed E-state index contributed by atoms with van der Waals surface area (Å²) < 4.78 is 14.3. The summed E-state index contributed by atoms with van der Waals surface area (Å²) in [4.78, 5) is 37.7. The number of fused-ring (bicyclic) bond motifs is 1. The molecule has 1 aromatic rings. The van der Waals surface area contributed by atoms with E-state index in [1.807, 2.05) is 12.2 Å². The van der Waals surface area contributed by atoms with E-state index in [2.05, 4.69) is 21.2 Å². The first-order valence-corrected chi connectivity index (χ1v) is 8.52. The van der Waals surface area contributed by atoms with Crippen molar-refractivity contribution in [1.82, 2.24) is 4.90 Å². The van der Waals surface area contributed by atoms with Crippen LogP contribution < -0.4 is 5.32 Å². The topological polar surface area (TPSA) is 66.5 Å². The van der Waals surface area contributed by atoms with Gasteiger partial charge in [0.15, 0.2) is 0 Å². The number of imide groups is 1. The number of hydrogen-bond donors (Lipinski definition) is 1. The summed E-state index contributed by atoms with van der Waals surface area (Å²) in [5.74, 6) is -2.01. The van der Waals surface area contributed by atoms with Gasteiger partial charge in [-0.05, 0) is 31.0 Å². The molecule has 1 N–H and O–H groups in total. The maximum atomic E-state index is 13.7. The molecule has 7 heteroatoms. The number of likely N-dealkylation sites (tertiary alicyclic amines) is 1. The van der Waals surface area contributed by atoms with Crippen LogP contribution in [0.25, 0.3) is 0 Å². The van der Waals surface area contributed by atoms with Crippen molar-refractivity contribution in [3.8, 4) is 0 Å². The Morgan fingerprint density at radius 1 is 1.21 bits per heavy atom. The number of halogens is 2. The molecule has 1 saturated heterocycles. The van der Waals surface area contributed by atoms with Gasteiger partial charge < -0.3 is 5.32 Å². The first-order valence-electron chi connectivity index (χ1n) is 7.72. The summed E-state index contributed by atoms with van der Waals surface area (Å²) in [6.45, 7) is 0.0225. The number of carbonyl (C=O) groups excluding carboxylic acids is 3. The van der Waals surface area contributed by atoms with E-state index in [0.717, 1.165) is 0 Å². The molecule has 1 heterocycles. The number of anilines is 1. The van der Waals surface area contributed by atoms with Crippen LogP contribution in [0, 0.1) is 17.7 Å². The van der Waals surface area contributed by atoms with E-state index in [1.165, 1.54) is 17.0 Å². The van der Waals surface area contributed by atoms with Gasteiger partial charge >= 0.3 is 0 Å². The van der Waals surface area contributed by atoms with Gasteiger partial charge in [0.1, 0.15) is 5.82 Å². The summed E-state index contributed by atoms with van der Waals surface area (Å²) in [5.41, 5.74) is 0.0696. The highest BCUT2D eigenvalue weighted by atomic mass is 79.9. The second-order valence-electron chi connectivity index (χ2n) is 5.91. The van der Waals surface area contributed by atoms with Crippen molar-refractivity contribution in [3.63, 3.8) is 0 Å². The summed E-state index contributed by atoms with van der Waals surface area (Å²) in [7, 11) is 0. The largest absolute Gasteiger partial charge is 0.324 e. The Morgan fingerprint density at radius 2 is 1.83 bits per heavy atom. The van der Waals surface area contributed by atoms with Gasteiger partial charge in [0.25, 0.3) is 0 Å². The third kappa shape index (κ3) is 3.26. The molecule has 1 aromatic carbocycles. The van der Waals surface area contributed by atoms with Crippen LogP contribution in [0.4, 0.5) is 10.1 Å². The van der Waals surface area contributed by atoms with Crippen LogP contribution in [0.5, 0.6) is 0 Å².